The first-order valence-electron chi connectivity index (χ1n) is 16.0. The van der Waals surface area contributed by atoms with Crippen LogP contribution in [0.3, 0.4) is 0 Å². The number of carbonyl (C=O) groups excluding carboxylic acids is 3. The Morgan fingerprint density at radius 3 is 2.26 bits per heavy atom. The van der Waals surface area contributed by atoms with Gasteiger partial charge in [0.1, 0.15) is 17.0 Å². The molecule has 1 aromatic heterocycles. The summed E-state index contributed by atoms with van der Waals surface area (Å²) in [7, 11) is 0. The van der Waals surface area contributed by atoms with Gasteiger partial charge in [0.15, 0.2) is 0 Å². The summed E-state index contributed by atoms with van der Waals surface area (Å²) in [6, 6.07) is 18.2. The first-order chi connectivity index (χ1) is 21.7. The van der Waals surface area contributed by atoms with E-state index in [9.17, 15) is 14.4 Å². The Balaban J connectivity index is 1.13. The largest absolute Gasteiger partial charge is 0.444 e. The van der Waals surface area contributed by atoms with Gasteiger partial charge >= 0.3 is 12.2 Å². The van der Waals surface area contributed by atoms with Crippen molar-refractivity contribution in [3.05, 3.63) is 60.4 Å². The number of amides is 3. The highest BCUT2D eigenvalue weighted by molar-refractivity contribution is 5.97. The maximum atomic E-state index is 13.0. The number of H-pyrrole nitrogens is 1. The van der Waals surface area contributed by atoms with E-state index in [1.807, 2.05) is 65.8 Å². The number of rotatable bonds is 4. The molecule has 0 aliphatic carbocycles. The molecule has 2 aliphatic heterocycles. The first kappa shape index (κ1) is 31.4. The van der Waals surface area contributed by atoms with Gasteiger partial charge in [0.05, 0.1) is 23.0 Å². The molecule has 0 unspecified atom stereocenters. The minimum Gasteiger partial charge on any atom is -0.444 e. The Labute approximate surface area is 269 Å². The third-order valence-electron chi connectivity index (χ3n) is 8.35. The molecule has 2 atom stereocenters. The van der Waals surface area contributed by atoms with E-state index in [1.54, 1.807) is 9.80 Å². The number of benzene rings is 3. The molecular formula is C36H43N5O5. The molecule has 242 valence electrons. The predicted octanol–water partition coefficient (Wildman–Crippen LogP) is 7.65. The van der Waals surface area contributed by atoms with E-state index < -0.39 is 11.2 Å². The zero-order chi connectivity index (χ0) is 32.8. The summed E-state index contributed by atoms with van der Waals surface area (Å²) >= 11 is 0. The fraction of sp³-hybridized carbons (Fsp3) is 0.444. The molecule has 0 bridgehead atoms. The predicted molar refractivity (Wildman–Crippen MR) is 178 cm³/mol. The van der Waals surface area contributed by atoms with Gasteiger partial charge in [-0.2, -0.15) is 0 Å². The van der Waals surface area contributed by atoms with Crippen LogP contribution in [0.5, 0.6) is 0 Å². The van der Waals surface area contributed by atoms with E-state index in [2.05, 4.69) is 40.6 Å². The number of hydrogen-bond donors (Lipinski definition) is 2. The Hall–Kier alpha value is -4.60. The lowest BCUT2D eigenvalue weighted by Gasteiger charge is -2.27. The Morgan fingerprint density at radius 1 is 0.826 bits per heavy atom. The molecule has 46 heavy (non-hydrogen) atoms. The van der Waals surface area contributed by atoms with Crippen molar-refractivity contribution in [1.29, 1.82) is 0 Å². The summed E-state index contributed by atoms with van der Waals surface area (Å²) in [5.41, 5.74) is 3.46. The quantitative estimate of drug-likeness (QED) is 0.241. The molecule has 6 rings (SSSR count). The van der Waals surface area contributed by atoms with Crippen molar-refractivity contribution < 1.29 is 23.9 Å². The van der Waals surface area contributed by atoms with Crippen LogP contribution in [0, 0.1) is 5.92 Å². The Kier molecular flexibility index (Phi) is 8.16. The molecule has 0 radical (unpaired) electrons. The van der Waals surface area contributed by atoms with Gasteiger partial charge in [0, 0.05) is 25.3 Å². The molecule has 0 saturated carbocycles. The monoisotopic (exact) mass is 625 g/mol. The van der Waals surface area contributed by atoms with Crippen LogP contribution in [0.1, 0.15) is 72.7 Å². The van der Waals surface area contributed by atoms with Crippen molar-refractivity contribution in [2.24, 2.45) is 5.92 Å². The maximum absolute atomic E-state index is 13.0. The zero-order valence-corrected chi connectivity index (χ0v) is 27.5. The average molecular weight is 626 g/mol. The highest BCUT2D eigenvalue weighted by Crippen LogP contribution is 2.34. The van der Waals surface area contributed by atoms with Crippen molar-refractivity contribution in [2.75, 3.05) is 25.0 Å². The summed E-state index contributed by atoms with van der Waals surface area (Å²) < 4.78 is 11.1. The van der Waals surface area contributed by atoms with Crippen LogP contribution in [0.25, 0.3) is 32.9 Å². The summed E-state index contributed by atoms with van der Waals surface area (Å²) in [5, 5.41) is 5.09. The number of likely N-dealkylation sites (tertiary alicyclic amines) is 2. The van der Waals surface area contributed by atoms with Gasteiger partial charge in [-0.05, 0) is 113 Å². The van der Waals surface area contributed by atoms with Crippen molar-refractivity contribution in [1.82, 2.24) is 19.8 Å². The molecule has 0 spiro atoms. The van der Waals surface area contributed by atoms with Crippen LogP contribution >= 0.6 is 0 Å². The lowest BCUT2D eigenvalue weighted by molar-refractivity contribution is -0.119. The number of fused-ring (bicyclic) bond motifs is 2. The molecule has 2 N–H and O–H groups in total. The molecule has 3 amide bonds. The fourth-order valence-corrected chi connectivity index (χ4v) is 6.17. The van der Waals surface area contributed by atoms with Gasteiger partial charge in [0.2, 0.25) is 5.91 Å². The lowest BCUT2D eigenvalue weighted by Crippen LogP contribution is -2.36. The van der Waals surface area contributed by atoms with E-state index >= 15 is 0 Å². The summed E-state index contributed by atoms with van der Waals surface area (Å²) in [6.45, 7) is 12.6. The highest BCUT2D eigenvalue weighted by Gasteiger charge is 2.35. The van der Waals surface area contributed by atoms with E-state index in [1.165, 1.54) is 0 Å². The van der Waals surface area contributed by atoms with Gasteiger partial charge in [0.25, 0.3) is 0 Å². The summed E-state index contributed by atoms with van der Waals surface area (Å²) in [4.78, 5) is 50.0. The molecule has 2 fully saturated rings. The molecule has 10 heteroatoms. The van der Waals surface area contributed by atoms with Crippen LogP contribution in [-0.2, 0) is 14.3 Å². The van der Waals surface area contributed by atoms with Crippen molar-refractivity contribution >= 4 is 45.6 Å². The van der Waals surface area contributed by atoms with E-state index in [4.69, 9.17) is 14.5 Å². The van der Waals surface area contributed by atoms with Gasteiger partial charge in [-0.3, -0.25) is 9.69 Å². The molecule has 4 aromatic rings. The number of nitrogens with one attached hydrogen (secondary N) is 2. The van der Waals surface area contributed by atoms with Gasteiger partial charge in [-0.25, -0.2) is 14.6 Å². The van der Waals surface area contributed by atoms with E-state index in [-0.39, 0.29) is 30.1 Å². The van der Waals surface area contributed by atoms with Crippen LogP contribution in [0.2, 0.25) is 0 Å². The maximum Gasteiger partial charge on any atom is 0.410 e. The molecule has 2 saturated heterocycles. The number of aromatic amines is 1. The number of nitrogens with zero attached hydrogens (tertiary/aromatic N) is 3. The normalized spacial score (nSPS) is 18.7. The topological polar surface area (TPSA) is 117 Å². The number of imidazole rings is 1. The van der Waals surface area contributed by atoms with Crippen LogP contribution in [-0.4, -0.2) is 68.7 Å². The Bertz CT molecular complexity index is 1800. The van der Waals surface area contributed by atoms with Gasteiger partial charge < -0.3 is 24.7 Å². The highest BCUT2D eigenvalue weighted by atomic mass is 16.6. The van der Waals surface area contributed by atoms with Gasteiger partial charge in [-0.15, -0.1) is 0 Å². The summed E-state index contributed by atoms with van der Waals surface area (Å²) in [5.74, 6) is 0.399. The lowest BCUT2D eigenvalue weighted by atomic mass is 10.0. The average Bonchev–Trinajstić information content (AvgIpc) is 3.74. The second kappa shape index (κ2) is 12.0. The van der Waals surface area contributed by atoms with Crippen LogP contribution in [0.4, 0.5) is 15.3 Å². The second-order valence-corrected chi connectivity index (χ2v) is 14.4. The van der Waals surface area contributed by atoms with Gasteiger partial charge in [-0.1, -0.05) is 24.3 Å². The van der Waals surface area contributed by atoms with Crippen molar-refractivity contribution in [3.8, 4) is 11.1 Å². The Morgan fingerprint density at radius 2 is 1.50 bits per heavy atom. The number of hydrogen-bond acceptors (Lipinski definition) is 6. The number of aromatic nitrogens is 2. The first-order valence-corrected chi connectivity index (χ1v) is 16.0. The standard InChI is InChI=1S/C36H43N5O5/c1-35(2,3)45-33(43)40-17-15-26(21-40)32(42)37-27-13-11-23-18-22(9-10-24(23)19-27)25-12-14-28-29(20-25)39-31(38-28)30-8-7-16-41(30)34(44)46-36(4,5)6/h9-14,18-20,26,30H,7-8,15-17,21H2,1-6H3,(H,37,42)(H,38,39)/t26-,30-/m0/s1. The number of anilines is 1. The number of ether oxygens (including phenoxy) is 2. The van der Waals surface area contributed by atoms with E-state index in [0.29, 0.717) is 26.1 Å². The van der Waals surface area contributed by atoms with Crippen LogP contribution < -0.4 is 5.32 Å². The zero-order valence-electron chi connectivity index (χ0n) is 27.5. The minimum atomic E-state index is -0.570. The SMILES string of the molecule is CC(C)(C)OC(=O)N1CC[C@H](C(=O)Nc2ccc3cc(-c4ccc5[nH]c([C@@H]6CCCN6C(=O)OC(C)(C)C)nc5c4)ccc3c2)C1. The summed E-state index contributed by atoms with van der Waals surface area (Å²) in [6.07, 6.45) is 1.66. The third-order valence-corrected chi connectivity index (χ3v) is 8.35. The van der Waals surface area contributed by atoms with E-state index in [0.717, 1.165) is 57.3 Å². The second-order valence-electron chi connectivity index (χ2n) is 14.4. The fourth-order valence-electron chi connectivity index (χ4n) is 6.17. The molecule has 10 nitrogen and oxygen atoms in total. The minimum absolute atomic E-state index is 0.0967. The molecular weight excluding hydrogens is 582 g/mol. The van der Waals surface area contributed by atoms with Crippen LogP contribution in [0.15, 0.2) is 54.6 Å². The number of carbonyl (C=O) groups is 3. The van der Waals surface area contributed by atoms with Crippen molar-refractivity contribution in [3.63, 3.8) is 0 Å². The molecule has 3 heterocycles. The smallest absolute Gasteiger partial charge is 0.410 e. The third kappa shape index (κ3) is 6.95. The molecule has 3 aromatic carbocycles. The van der Waals surface area contributed by atoms with Crippen molar-refractivity contribution in [2.45, 2.75) is 78.0 Å². The molecule has 2 aliphatic rings.